The van der Waals surface area contributed by atoms with E-state index < -0.39 is 0 Å². The predicted octanol–water partition coefficient (Wildman–Crippen LogP) is 7.13. The van der Waals surface area contributed by atoms with Crippen LogP contribution in [0.15, 0.2) is 103 Å². The van der Waals surface area contributed by atoms with Crippen molar-refractivity contribution in [1.82, 2.24) is 0 Å². The highest BCUT2D eigenvalue weighted by Crippen LogP contribution is 2.39. The van der Waals surface area contributed by atoms with Crippen LogP contribution in [-0.2, 0) is 0 Å². The molecule has 0 heterocycles. The zero-order valence-corrected chi connectivity index (χ0v) is 16.3. The normalized spacial score (nSPS) is 12.7. The van der Waals surface area contributed by atoms with Gasteiger partial charge in [-0.15, -0.1) is 0 Å². The van der Waals surface area contributed by atoms with Gasteiger partial charge in [-0.25, -0.2) is 0 Å². The van der Waals surface area contributed by atoms with E-state index in [9.17, 15) is 4.79 Å². The molecule has 6 rings (SSSR count). The zero-order valence-electron chi connectivity index (χ0n) is 16.3. The second-order valence-electron chi connectivity index (χ2n) is 7.71. The van der Waals surface area contributed by atoms with Crippen LogP contribution in [0.1, 0.15) is 32.6 Å². The van der Waals surface area contributed by atoms with Gasteiger partial charge in [0.25, 0.3) is 0 Å². The maximum absolute atomic E-state index is 13.1. The standard InChI is InChI=1S/C29H18O/c30-29-25-15-7-5-13-23(25)28(24-14-6-8-16-26(24)29)18-27-21-11-3-1-9-19(21)17-20-10-2-4-12-22(20)27/h1-18H. The molecule has 0 amide bonds. The van der Waals surface area contributed by atoms with E-state index in [4.69, 9.17) is 0 Å². The third kappa shape index (κ3) is 2.46. The van der Waals surface area contributed by atoms with Gasteiger partial charge >= 0.3 is 0 Å². The van der Waals surface area contributed by atoms with Gasteiger partial charge in [0.2, 0.25) is 0 Å². The fourth-order valence-corrected chi connectivity index (χ4v) is 4.63. The van der Waals surface area contributed by atoms with Crippen molar-refractivity contribution < 1.29 is 4.79 Å². The molecule has 0 aliphatic heterocycles. The van der Waals surface area contributed by atoms with E-state index in [1.807, 2.05) is 36.4 Å². The number of carbonyl (C=O) groups is 1. The summed E-state index contributed by atoms with van der Waals surface area (Å²) in [5.74, 6) is 0.0983. The average Bonchev–Trinajstić information content (AvgIpc) is 2.81. The average molecular weight is 382 g/mol. The Balaban J connectivity index is 1.75. The molecule has 1 nitrogen and oxygen atoms in total. The summed E-state index contributed by atoms with van der Waals surface area (Å²) in [7, 11) is 0. The fourth-order valence-electron chi connectivity index (χ4n) is 4.63. The first-order valence-corrected chi connectivity index (χ1v) is 10.2. The molecule has 140 valence electrons. The molecule has 0 spiro atoms. The number of benzene rings is 5. The molecule has 0 atom stereocenters. The summed E-state index contributed by atoms with van der Waals surface area (Å²) in [5.41, 5.74) is 5.83. The molecule has 0 unspecified atom stereocenters. The van der Waals surface area contributed by atoms with Crippen LogP contribution in [0.3, 0.4) is 0 Å². The van der Waals surface area contributed by atoms with Crippen LogP contribution in [0.4, 0.5) is 0 Å². The van der Waals surface area contributed by atoms with Crippen LogP contribution in [0, 0.1) is 0 Å². The first kappa shape index (κ1) is 16.9. The summed E-state index contributed by atoms with van der Waals surface area (Å²) in [5, 5.41) is 4.87. The highest BCUT2D eigenvalue weighted by atomic mass is 16.1. The molecule has 5 aromatic rings. The van der Waals surface area contributed by atoms with Crippen molar-refractivity contribution in [2.24, 2.45) is 0 Å². The third-order valence-electron chi connectivity index (χ3n) is 6.03. The molecule has 0 fully saturated rings. The molecule has 0 aromatic heterocycles. The van der Waals surface area contributed by atoms with Gasteiger partial charge in [0.1, 0.15) is 0 Å². The SMILES string of the molecule is O=C1c2ccccc2C(=Cc2c3ccccc3cc3ccccc23)c2ccccc21. The highest BCUT2D eigenvalue weighted by molar-refractivity contribution is 6.21. The summed E-state index contributed by atoms with van der Waals surface area (Å²) in [6.07, 6.45) is 2.27. The smallest absolute Gasteiger partial charge is 0.194 e. The maximum atomic E-state index is 13.1. The Morgan fingerprint density at radius 3 is 1.47 bits per heavy atom. The minimum atomic E-state index is 0.0983. The molecule has 0 N–H and O–H groups in total. The van der Waals surface area contributed by atoms with Crippen molar-refractivity contribution in [2.75, 3.05) is 0 Å². The summed E-state index contributed by atoms with van der Waals surface area (Å²) >= 11 is 0. The Morgan fingerprint density at radius 2 is 0.933 bits per heavy atom. The van der Waals surface area contributed by atoms with Gasteiger partial charge in [-0.3, -0.25) is 4.79 Å². The molecular formula is C29H18O. The summed E-state index contributed by atoms with van der Waals surface area (Å²) in [4.78, 5) is 13.1. The quantitative estimate of drug-likeness (QED) is 0.277. The molecule has 30 heavy (non-hydrogen) atoms. The molecule has 1 heteroatoms. The molecule has 1 aliphatic carbocycles. The molecule has 0 bridgehead atoms. The van der Waals surface area contributed by atoms with Gasteiger partial charge in [-0.05, 0) is 56.0 Å². The van der Waals surface area contributed by atoms with Crippen LogP contribution in [0.2, 0.25) is 0 Å². The van der Waals surface area contributed by atoms with E-state index in [0.29, 0.717) is 0 Å². The topological polar surface area (TPSA) is 17.1 Å². The van der Waals surface area contributed by atoms with E-state index in [-0.39, 0.29) is 5.78 Å². The van der Waals surface area contributed by atoms with Gasteiger partial charge < -0.3 is 0 Å². The molecule has 0 saturated carbocycles. The monoisotopic (exact) mass is 382 g/mol. The van der Waals surface area contributed by atoms with Crippen LogP contribution in [0.25, 0.3) is 33.2 Å². The molecule has 0 radical (unpaired) electrons. The Bertz CT molecular complexity index is 1400. The van der Waals surface area contributed by atoms with Gasteiger partial charge in [0, 0.05) is 11.1 Å². The van der Waals surface area contributed by atoms with E-state index >= 15 is 0 Å². The summed E-state index contributed by atoms with van der Waals surface area (Å²) in [6, 6.07) is 35.2. The predicted molar refractivity (Wildman–Crippen MR) is 125 cm³/mol. The molecule has 0 saturated heterocycles. The van der Waals surface area contributed by atoms with Gasteiger partial charge in [-0.1, -0.05) is 97.1 Å². The lowest BCUT2D eigenvalue weighted by Gasteiger charge is -2.22. The number of carbonyl (C=O) groups excluding carboxylic acids is 1. The first-order chi connectivity index (χ1) is 14.8. The van der Waals surface area contributed by atoms with Crippen molar-refractivity contribution in [2.45, 2.75) is 0 Å². The van der Waals surface area contributed by atoms with E-state index in [0.717, 1.165) is 27.8 Å². The number of hydrogen-bond donors (Lipinski definition) is 0. The molecule has 5 aromatic carbocycles. The highest BCUT2D eigenvalue weighted by Gasteiger charge is 2.26. The van der Waals surface area contributed by atoms with Crippen LogP contribution in [-0.4, -0.2) is 5.78 Å². The number of fused-ring (bicyclic) bond motifs is 4. The molecule has 1 aliphatic rings. The van der Waals surface area contributed by atoms with Crippen molar-refractivity contribution in [3.8, 4) is 0 Å². The van der Waals surface area contributed by atoms with Crippen molar-refractivity contribution in [3.05, 3.63) is 131 Å². The first-order valence-electron chi connectivity index (χ1n) is 10.2. The van der Waals surface area contributed by atoms with Gasteiger partial charge in [0.15, 0.2) is 5.78 Å². The maximum Gasteiger partial charge on any atom is 0.194 e. The second-order valence-corrected chi connectivity index (χ2v) is 7.71. The Hall–Kier alpha value is -3.97. The third-order valence-corrected chi connectivity index (χ3v) is 6.03. The lowest BCUT2D eigenvalue weighted by Crippen LogP contribution is -2.14. The second kappa shape index (κ2) is 6.53. The fraction of sp³-hybridized carbons (Fsp3) is 0. The van der Waals surface area contributed by atoms with Crippen molar-refractivity contribution in [1.29, 1.82) is 0 Å². The Labute approximate surface area is 174 Å². The van der Waals surface area contributed by atoms with E-state index in [1.165, 1.54) is 27.1 Å². The van der Waals surface area contributed by atoms with Crippen LogP contribution < -0.4 is 0 Å². The van der Waals surface area contributed by atoms with Crippen LogP contribution >= 0.6 is 0 Å². The Kier molecular flexibility index (Phi) is 3.69. The van der Waals surface area contributed by atoms with E-state index in [1.54, 1.807) is 0 Å². The molecular weight excluding hydrogens is 364 g/mol. The number of hydrogen-bond acceptors (Lipinski definition) is 1. The minimum absolute atomic E-state index is 0.0983. The van der Waals surface area contributed by atoms with Crippen LogP contribution in [0.5, 0.6) is 0 Å². The Morgan fingerprint density at radius 1 is 0.500 bits per heavy atom. The largest absolute Gasteiger partial charge is 0.289 e. The zero-order chi connectivity index (χ0) is 20.1. The van der Waals surface area contributed by atoms with Crippen molar-refractivity contribution >= 4 is 39.0 Å². The van der Waals surface area contributed by atoms with E-state index in [2.05, 4.69) is 72.8 Å². The number of rotatable bonds is 1. The minimum Gasteiger partial charge on any atom is -0.289 e. The summed E-state index contributed by atoms with van der Waals surface area (Å²) < 4.78 is 0. The summed E-state index contributed by atoms with van der Waals surface area (Å²) in [6.45, 7) is 0. The lowest BCUT2D eigenvalue weighted by atomic mass is 9.80. The lowest BCUT2D eigenvalue weighted by molar-refractivity contribution is 0.103. The van der Waals surface area contributed by atoms with Gasteiger partial charge in [-0.2, -0.15) is 0 Å². The van der Waals surface area contributed by atoms with Gasteiger partial charge in [0.05, 0.1) is 0 Å². The van der Waals surface area contributed by atoms with Crippen molar-refractivity contribution in [3.63, 3.8) is 0 Å². The number of ketones is 1.